The van der Waals surface area contributed by atoms with Crippen molar-refractivity contribution >= 4 is 0 Å². The van der Waals surface area contributed by atoms with Crippen LogP contribution in [0.25, 0.3) is 0 Å². The van der Waals surface area contributed by atoms with Crippen molar-refractivity contribution in [1.29, 1.82) is 0 Å². The zero-order chi connectivity index (χ0) is 15.2. The first-order valence-corrected chi connectivity index (χ1v) is 7.13. The lowest BCUT2D eigenvalue weighted by Gasteiger charge is -2.21. The summed E-state index contributed by atoms with van der Waals surface area (Å²) in [6.07, 6.45) is 1.75. The molecular weight excluding hydrogens is 266 g/mol. The van der Waals surface area contributed by atoms with Gasteiger partial charge in [0, 0.05) is 6.04 Å². The Balaban J connectivity index is 2.19. The number of para-hydroxylation sites is 1. The van der Waals surface area contributed by atoms with Crippen LogP contribution in [0.2, 0.25) is 0 Å². The van der Waals surface area contributed by atoms with Crippen molar-refractivity contribution in [2.24, 2.45) is 0 Å². The monoisotopic (exact) mass is 289 g/mol. The van der Waals surface area contributed by atoms with Crippen LogP contribution in [0.3, 0.4) is 0 Å². The van der Waals surface area contributed by atoms with Gasteiger partial charge in [0.25, 0.3) is 0 Å². The molecule has 114 valence electrons. The number of aromatic nitrogens is 2. The lowest BCUT2D eigenvalue weighted by Crippen LogP contribution is -2.27. The third-order valence-electron chi connectivity index (χ3n) is 3.35. The van der Waals surface area contributed by atoms with Crippen LogP contribution in [0.4, 0.5) is 0 Å². The summed E-state index contributed by atoms with van der Waals surface area (Å²) in [7, 11) is 3.58. The van der Waals surface area contributed by atoms with Crippen molar-refractivity contribution in [3.63, 3.8) is 0 Å². The third-order valence-corrected chi connectivity index (χ3v) is 3.35. The maximum absolute atomic E-state index is 5.86. The summed E-state index contributed by atoms with van der Waals surface area (Å²) in [5.74, 6) is 1.63. The normalized spacial score (nSPS) is 12.4. The summed E-state index contributed by atoms with van der Waals surface area (Å²) in [5, 5.41) is 7.69. The molecule has 5 nitrogen and oxygen atoms in total. The molecule has 0 fully saturated rings. The summed E-state index contributed by atoms with van der Waals surface area (Å²) >= 11 is 0. The van der Waals surface area contributed by atoms with Crippen LogP contribution in [0, 0.1) is 0 Å². The molecule has 1 heterocycles. The molecule has 0 aliphatic heterocycles. The van der Waals surface area contributed by atoms with E-state index in [2.05, 4.69) is 24.3 Å². The number of benzene rings is 1. The van der Waals surface area contributed by atoms with Crippen molar-refractivity contribution in [2.45, 2.75) is 25.9 Å². The van der Waals surface area contributed by atoms with Crippen molar-refractivity contribution in [1.82, 2.24) is 15.1 Å². The predicted octanol–water partition coefficient (Wildman–Crippen LogP) is 2.81. The highest BCUT2D eigenvalue weighted by atomic mass is 16.5. The zero-order valence-electron chi connectivity index (χ0n) is 13.0. The summed E-state index contributed by atoms with van der Waals surface area (Å²) < 4.78 is 13.3. The number of hydrogen-bond donors (Lipinski definition) is 1. The first kappa shape index (κ1) is 15.4. The molecule has 2 aromatic rings. The molecule has 1 atom stereocenters. The van der Waals surface area contributed by atoms with Gasteiger partial charge in [-0.05, 0) is 33.0 Å². The van der Waals surface area contributed by atoms with E-state index in [4.69, 9.17) is 9.47 Å². The Bertz CT molecular complexity index is 552. The smallest absolute Gasteiger partial charge is 0.161 e. The third kappa shape index (κ3) is 3.55. The maximum atomic E-state index is 5.86. The van der Waals surface area contributed by atoms with Crippen LogP contribution < -0.4 is 14.8 Å². The van der Waals surface area contributed by atoms with E-state index < -0.39 is 0 Å². The number of likely N-dealkylation sites (N-methyl/N-ethyl adjacent to an activating group) is 1. The SMILES string of the molecule is CNC(COc1ccccc1)c1c(OC)cnn1C(C)C. The van der Waals surface area contributed by atoms with Crippen molar-refractivity contribution in [3.8, 4) is 11.5 Å². The molecule has 1 aromatic carbocycles. The van der Waals surface area contributed by atoms with Crippen molar-refractivity contribution in [2.75, 3.05) is 20.8 Å². The largest absolute Gasteiger partial charge is 0.493 e. The van der Waals surface area contributed by atoms with E-state index in [1.54, 1.807) is 13.3 Å². The highest BCUT2D eigenvalue weighted by molar-refractivity contribution is 5.29. The second-order valence-electron chi connectivity index (χ2n) is 5.10. The van der Waals surface area contributed by atoms with E-state index in [-0.39, 0.29) is 12.1 Å². The van der Waals surface area contributed by atoms with Crippen LogP contribution in [0.15, 0.2) is 36.5 Å². The van der Waals surface area contributed by atoms with Crippen LogP contribution in [0.1, 0.15) is 31.6 Å². The van der Waals surface area contributed by atoms with Crippen LogP contribution in [0.5, 0.6) is 11.5 Å². The number of hydrogen-bond acceptors (Lipinski definition) is 4. The van der Waals surface area contributed by atoms with E-state index in [0.29, 0.717) is 6.61 Å². The molecule has 0 amide bonds. The van der Waals surface area contributed by atoms with Crippen molar-refractivity contribution < 1.29 is 9.47 Å². The Morgan fingerprint density at radius 1 is 1.24 bits per heavy atom. The molecule has 21 heavy (non-hydrogen) atoms. The molecule has 0 aliphatic rings. The molecule has 5 heteroatoms. The molecule has 0 radical (unpaired) electrons. The second-order valence-corrected chi connectivity index (χ2v) is 5.10. The molecule has 0 saturated heterocycles. The predicted molar refractivity (Wildman–Crippen MR) is 82.9 cm³/mol. The standard InChI is InChI=1S/C16H23N3O2/c1-12(2)19-16(15(20-4)10-18-19)14(17-3)11-21-13-8-6-5-7-9-13/h5-10,12,14,17H,11H2,1-4H3. The van der Waals surface area contributed by atoms with E-state index in [1.807, 2.05) is 42.1 Å². The summed E-state index contributed by atoms with van der Waals surface area (Å²) in [6.45, 7) is 4.71. The molecule has 1 N–H and O–H groups in total. The minimum atomic E-state index is 0.00468. The lowest BCUT2D eigenvalue weighted by atomic mass is 10.2. The molecule has 0 bridgehead atoms. The highest BCUT2D eigenvalue weighted by Gasteiger charge is 2.22. The van der Waals surface area contributed by atoms with Gasteiger partial charge in [-0.1, -0.05) is 18.2 Å². The fourth-order valence-corrected chi connectivity index (χ4v) is 2.25. The van der Waals surface area contributed by atoms with E-state index in [1.165, 1.54) is 0 Å². The summed E-state index contributed by atoms with van der Waals surface area (Å²) in [5.41, 5.74) is 1.01. The van der Waals surface area contributed by atoms with Crippen LogP contribution >= 0.6 is 0 Å². The molecule has 1 unspecified atom stereocenters. The molecule has 0 aliphatic carbocycles. The van der Waals surface area contributed by atoms with Gasteiger partial charge in [0.1, 0.15) is 18.1 Å². The van der Waals surface area contributed by atoms with Gasteiger partial charge >= 0.3 is 0 Å². The minimum Gasteiger partial charge on any atom is -0.493 e. The lowest BCUT2D eigenvalue weighted by molar-refractivity contribution is 0.259. The second kappa shape index (κ2) is 7.13. The number of nitrogens with one attached hydrogen (secondary N) is 1. The summed E-state index contributed by atoms with van der Waals surface area (Å²) in [6, 6.07) is 10.1. The number of nitrogens with zero attached hydrogens (tertiary/aromatic N) is 2. The number of ether oxygens (including phenoxy) is 2. The minimum absolute atomic E-state index is 0.00468. The van der Waals surface area contributed by atoms with E-state index >= 15 is 0 Å². The fraction of sp³-hybridized carbons (Fsp3) is 0.438. The van der Waals surface area contributed by atoms with Crippen LogP contribution in [-0.4, -0.2) is 30.5 Å². The number of rotatable bonds is 7. The van der Waals surface area contributed by atoms with E-state index in [0.717, 1.165) is 17.2 Å². The average Bonchev–Trinajstić information content (AvgIpc) is 2.93. The zero-order valence-corrected chi connectivity index (χ0v) is 13.0. The Hall–Kier alpha value is -2.01. The quantitative estimate of drug-likeness (QED) is 0.851. The summed E-state index contributed by atoms with van der Waals surface area (Å²) in [4.78, 5) is 0. The van der Waals surface area contributed by atoms with Gasteiger partial charge in [0.2, 0.25) is 0 Å². The molecule has 1 aromatic heterocycles. The Kier molecular flexibility index (Phi) is 5.22. The fourth-order valence-electron chi connectivity index (χ4n) is 2.25. The van der Waals surface area contributed by atoms with Gasteiger partial charge in [0.05, 0.1) is 19.3 Å². The van der Waals surface area contributed by atoms with Gasteiger partial charge in [-0.2, -0.15) is 5.10 Å². The van der Waals surface area contributed by atoms with Crippen molar-refractivity contribution in [3.05, 3.63) is 42.2 Å². The first-order valence-electron chi connectivity index (χ1n) is 7.13. The Labute approximate surface area is 125 Å². The molecule has 0 saturated carbocycles. The van der Waals surface area contributed by atoms with Gasteiger partial charge in [-0.25, -0.2) is 0 Å². The van der Waals surface area contributed by atoms with Gasteiger partial charge in [0.15, 0.2) is 5.75 Å². The van der Waals surface area contributed by atoms with Crippen LogP contribution in [-0.2, 0) is 0 Å². The van der Waals surface area contributed by atoms with E-state index in [9.17, 15) is 0 Å². The van der Waals surface area contributed by atoms with Gasteiger partial charge in [-0.3, -0.25) is 4.68 Å². The molecule has 0 spiro atoms. The first-order chi connectivity index (χ1) is 10.2. The topological polar surface area (TPSA) is 48.3 Å². The Morgan fingerprint density at radius 3 is 2.52 bits per heavy atom. The average molecular weight is 289 g/mol. The highest BCUT2D eigenvalue weighted by Crippen LogP contribution is 2.28. The van der Waals surface area contributed by atoms with Gasteiger partial charge < -0.3 is 14.8 Å². The van der Waals surface area contributed by atoms with Gasteiger partial charge in [-0.15, -0.1) is 0 Å². The molecular formula is C16H23N3O2. The molecule has 2 rings (SSSR count). The maximum Gasteiger partial charge on any atom is 0.161 e. The Morgan fingerprint density at radius 2 is 1.95 bits per heavy atom. The number of methoxy groups -OCH3 is 1.